The number of carboxylic acids is 1. The zero-order valence-corrected chi connectivity index (χ0v) is 9.44. The van der Waals surface area contributed by atoms with Gasteiger partial charge in [0.05, 0.1) is 6.08 Å². The molecule has 0 saturated heterocycles. The van der Waals surface area contributed by atoms with Crippen LogP contribution in [0.3, 0.4) is 0 Å². The second-order valence-electron chi connectivity index (χ2n) is 3.18. The van der Waals surface area contributed by atoms with Gasteiger partial charge in [0.1, 0.15) is 0 Å². The Balaban J connectivity index is 2.51. The number of hydrogen-bond acceptors (Lipinski definition) is 3. The highest BCUT2D eigenvalue weighted by molar-refractivity contribution is 6.30. The number of halogens is 1. The number of aliphatic carboxylic acids is 1. The van der Waals surface area contributed by atoms with Gasteiger partial charge < -0.3 is 15.5 Å². The summed E-state index contributed by atoms with van der Waals surface area (Å²) in [4.78, 5) is 21.4. The molecule has 0 bridgehead atoms. The van der Waals surface area contributed by atoms with E-state index >= 15 is 0 Å². The first-order chi connectivity index (χ1) is 7.99. The van der Waals surface area contributed by atoms with Crippen LogP contribution in [0, 0.1) is 0 Å². The van der Waals surface area contributed by atoms with E-state index in [2.05, 4.69) is 5.32 Å². The molecule has 5 nitrogen and oxygen atoms in total. The smallest absolute Gasteiger partial charge is 0.371 e. The third-order valence-electron chi connectivity index (χ3n) is 1.87. The minimum absolute atomic E-state index is 0.222. The van der Waals surface area contributed by atoms with Gasteiger partial charge in [-0.25, -0.2) is 4.79 Å². The maximum atomic E-state index is 11.2. The molecule has 0 fully saturated rings. The lowest BCUT2D eigenvalue weighted by Gasteiger charge is -2.02. The number of rotatable bonds is 4. The molecule has 17 heavy (non-hydrogen) atoms. The number of aliphatic hydroxyl groups excluding tert-OH is 1. The molecule has 3 N–H and O–H groups in total. The number of carboxylic acid groups (broad SMARTS) is 1. The van der Waals surface area contributed by atoms with Gasteiger partial charge in [0.2, 0.25) is 11.7 Å². The minimum Gasteiger partial charge on any atom is -0.502 e. The van der Waals surface area contributed by atoms with Gasteiger partial charge in [-0.05, 0) is 17.7 Å². The van der Waals surface area contributed by atoms with Gasteiger partial charge in [-0.15, -0.1) is 0 Å². The number of benzene rings is 1. The van der Waals surface area contributed by atoms with Crippen molar-refractivity contribution in [3.05, 3.63) is 46.7 Å². The number of nitrogens with one attached hydrogen (secondary N) is 1. The zero-order valence-electron chi connectivity index (χ0n) is 8.68. The second kappa shape index (κ2) is 5.91. The largest absolute Gasteiger partial charge is 0.502 e. The van der Waals surface area contributed by atoms with Gasteiger partial charge in [0.25, 0.3) is 0 Å². The van der Waals surface area contributed by atoms with E-state index < -0.39 is 17.6 Å². The van der Waals surface area contributed by atoms with Crippen molar-refractivity contribution < 1.29 is 19.8 Å². The van der Waals surface area contributed by atoms with Crippen molar-refractivity contribution in [1.29, 1.82) is 0 Å². The molecule has 6 heteroatoms. The predicted molar refractivity (Wildman–Crippen MR) is 61.6 cm³/mol. The zero-order chi connectivity index (χ0) is 12.8. The number of hydrogen-bond donors (Lipinski definition) is 3. The summed E-state index contributed by atoms with van der Waals surface area (Å²) in [5.74, 6) is -3.23. The number of carbonyl (C=O) groups is 2. The topological polar surface area (TPSA) is 86.6 Å². The van der Waals surface area contributed by atoms with E-state index in [1.807, 2.05) is 0 Å². The van der Waals surface area contributed by atoms with Crippen LogP contribution in [-0.4, -0.2) is 22.1 Å². The molecule has 1 rings (SSSR count). The van der Waals surface area contributed by atoms with Crippen molar-refractivity contribution in [3.8, 4) is 0 Å². The highest BCUT2D eigenvalue weighted by Crippen LogP contribution is 2.09. The monoisotopic (exact) mass is 255 g/mol. The molecule has 0 spiro atoms. The van der Waals surface area contributed by atoms with Gasteiger partial charge in [-0.2, -0.15) is 0 Å². The van der Waals surface area contributed by atoms with Gasteiger partial charge in [0, 0.05) is 11.6 Å². The predicted octanol–water partition coefficient (Wildman–Crippen LogP) is 1.48. The van der Waals surface area contributed by atoms with Crippen LogP contribution in [0.2, 0.25) is 5.02 Å². The average Bonchev–Trinajstić information content (AvgIpc) is 2.28. The van der Waals surface area contributed by atoms with Gasteiger partial charge in [-0.3, -0.25) is 4.79 Å². The molecule has 0 saturated carbocycles. The molecule has 0 unspecified atom stereocenters. The third kappa shape index (κ3) is 4.56. The Labute approximate surface area is 102 Å². The SMILES string of the molecule is O=C(/C=C(\O)C(=O)O)NCc1ccc(Cl)cc1. The van der Waals surface area contributed by atoms with Crippen LogP contribution in [-0.2, 0) is 16.1 Å². The van der Waals surface area contributed by atoms with E-state index in [4.69, 9.17) is 21.8 Å². The standard InChI is InChI=1S/C11H10ClNO4/c12-8-3-1-7(2-4-8)6-13-10(15)5-9(14)11(16)17/h1-5,14H,6H2,(H,13,15)(H,16,17)/b9-5-. The normalized spacial score (nSPS) is 11.0. The summed E-state index contributed by atoms with van der Waals surface area (Å²) in [6, 6.07) is 6.80. The van der Waals surface area contributed by atoms with Crippen molar-refractivity contribution in [2.45, 2.75) is 6.54 Å². The van der Waals surface area contributed by atoms with Crippen LogP contribution >= 0.6 is 11.6 Å². The first-order valence-electron chi connectivity index (χ1n) is 4.65. The number of amides is 1. The molecule has 0 radical (unpaired) electrons. The van der Waals surface area contributed by atoms with Crippen molar-refractivity contribution in [1.82, 2.24) is 5.32 Å². The van der Waals surface area contributed by atoms with E-state index in [0.29, 0.717) is 11.1 Å². The summed E-state index contributed by atoms with van der Waals surface area (Å²) >= 11 is 5.68. The minimum atomic E-state index is -1.55. The van der Waals surface area contributed by atoms with Gasteiger partial charge in [-0.1, -0.05) is 23.7 Å². The maximum absolute atomic E-state index is 11.2. The van der Waals surface area contributed by atoms with Gasteiger partial charge in [0.15, 0.2) is 0 Å². The van der Waals surface area contributed by atoms with Crippen LogP contribution in [0.1, 0.15) is 5.56 Å². The molecule has 1 aromatic carbocycles. The first-order valence-corrected chi connectivity index (χ1v) is 5.03. The summed E-state index contributed by atoms with van der Waals surface area (Å²) in [7, 11) is 0. The molecular formula is C11H10ClNO4. The Hall–Kier alpha value is -2.01. The van der Waals surface area contributed by atoms with E-state index in [1.54, 1.807) is 24.3 Å². The molecule has 1 amide bonds. The summed E-state index contributed by atoms with van der Waals surface area (Å²) in [6.07, 6.45) is 0.609. The Bertz CT molecular complexity index is 453. The van der Waals surface area contributed by atoms with Crippen LogP contribution in [0.4, 0.5) is 0 Å². The van der Waals surface area contributed by atoms with E-state index in [1.165, 1.54) is 0 Å². The number of aliphatic hydroxyl groups is 1. The van der Waals surface area contributed by atoms with Crippen LogP contribution in [0.25, 0.3) is 0 Å². The maximum Gasteiger partial charge on any atom is 0.371 e. The number of carbonyl (C=O) groups excluding carboxylic acids is 1. The molecule has 0 aromatic heterocycles. The molecule has 0 aliphatic carbocycles. The van der Waals surface area contributed by atoms with E-state index in [0.717, 1.165) is 5.56 Å². The molecule has 0 atom stereocenters. The van der Waals surface area contributed by atoms with Crippen molar-refractivity contribution in [3.63, 3.8) is 0 Å². The van der Waals surface area contributed by atoms with E-state index in [-0.39, 0.29) is 6.54 Å². The van der Waals surface area contributed by atoms with E-state index in [9.17, 15) is 9.59 Å². The van der Waals surface area contributed by atoms with Crippen LogP contribution < -0.4 is 5.32 Å². The second-order valence-corrected chi connectivity index (χ2v) is 3.62. The Morgan fingerprint density at radius 3 is 2.35 bits per heavy atom. The fourth-order valence-electron chi connectivity index (χ4n) is 1.03. The summed E-state index contributed by atoms with van der Waals surface area (Å²) in [5.41, 5.74) is 0.811. The highest BCUT2D eigenvalue weighted by atomic mass is 35.5. The highest BCUT2D eigenvalue weighted by Gasteiger charge is 2.06. The first kappa shape index (κ1) is 13.1. The Morgan fingerprint density at radius 2 is 1.82 bits per heavy atom. The molecular weight excluding hydrogens is 246 g/mol. The average molecular weight is 256 g/mol. The fraction of sp³-hybridized carbons (Fsp3) is 0.0909. The lowest BCUT2D eigenvalue weighted by atomic mass is 10.2. The van der Waals surface area contributed by atoms with Crippen molar-refractivity contribution >= 4 is 23.5 Å². The Morgan fingerprint density at radius 1 is 1.24 bits per heavy atom. The molecule has 0 aliphatic rings. The molecule has 0 aliphatic heterocycles. The molecule has 0 heterocycles. The van der Waals surface area contributed by atoms with Gasteiger partial charge >= 0.3 is 5.97 Å². The lowest BCUT2D eigenvalue weighted by molar-refractivity contribution is -0.136. The Kier molecular flexibility index (Phi) is 4.54. The molecule has 90 valence electrons. The quantitative estimate of drug-likeness (QED) is 0.562. The fourth-order valence-corrected chi connectivity index (χ4v) is 1.15. The summed E-state index contributed by atoms with van der Waals surface area (Å²) in [5, 5.41) is 20.2. The lowest BCUT2D eigenvalue weighted by Crippen LogP contribution is -2.21. The molecule has 1 aromatic rings. The van der Waals surface area contributed by atoms with Crippen LogP contribution in [0.5, 0.6) is 0 Å². The summed E-state index contributed by atoms with van der Waals surface area (Å²) in [6.45, 7) is 0.222. The van der Waals surface area contributed by atoms with Crippen LogP contribution in [0.15, 0.2) is 36.1 Å². The summed E-state index contributed by atoms with van der Waals surface area (Å²) < 4.78 is 0. The third-order valence-corrected chi connectivity index (χ3v) is 2.12. The van der Waals surface area contributed by atoms with Crippen molar-refractivity contribution in [2.24, 2.45) is 0 Å². The van der Waals surface area contributed by atoms with Crippen molar-refractivity contribution in [2.75, 3.05) is 0 Å².